The standard InChI is InChI=1S/C15H20N2O3S2/c18-14(9-17-11-21-10-15(17)19)16(7-12-3-1-5-20-12)8-13-4-2-6-22-13/h2,4,6,12H,1,3,5,7-11H2. The summed E-state index contributed by atoms with van der Waals surface area (Å²) in [5.74, 6) is 1.19. The van der Waals surface area contributed by atoms with Gasteiger partial charge in [-0.15, -0.1) is 23.1 Å². The van der Waals surface area contributed by atoms with E-state index < -0.39 is 0 Å². The van der Waals surface area contributed by atoms with Crippen LogP contribution >= 0.6 is 23.1 Å². The van der Waals surface area contributed by atoms with E-state index in [0.717, 1.165) is 24.3 Å². The first-order valence-electron chi connectivity index (χ1n) is 7.49. The van der Waals surface area contributed by atoms with Crippen molar-refractivity contribution in [3.05, 3.63) is 22.4 Å². The molecule has 1 aromatic rings. The van der Waals surface area contributed by atoms with Crippen molar-refractivity contribution in [1.82, 2.24) is 9.80 Å². The molecule has 120 valence electrons. The molecule has 1 atom stereocenters. The molecular weight excluding hydrogens is 320 g/mol. The molecule has 0 N–H and O–H groups in total. The van der Waals surface area contributed by atoms with Gasteiger partial charge < -0.3 is 14.5 Å². The quantitative estimate of drug-likeness (QED) is 0.792. The van der Waals surface area contributed by atoms with Crippen LogP contribution < -0.4 is 0 Å². The van der Waals surface area contributed by atoms with Crippen molar-refractivity contribution in [2.75, 3.05) is 31.3 Å². The number of thiophene rings is 1. The third kappa shape index (κ3) is 4.02. The van der Waals surface area contributed by atoms with E-state index in [1.54, 1.807) is 28.0 Å². The lowest BCUT2D eigenvalue weighted by Gasteiger charge is -2.27. The first-order chi connectivity index (χ1) is 10.7. The fraction of sp³-hybridized carbons (Fsp3) is 0.600. The van der Waals surface area contributed by atoms with Gasteiger partial charge in [-0.05, 0) is 24.3 Å². The Balaban J connectivity index is 1.63. The number of carbonyl (C=O) groups excluding carboxylic acids is 2. The Morgan fingerprint density at radius 2 is 2.41 bits per heavy atom. The minimum atomic E-state index is 0.0137. The Labute approximate surface area is 138 Å². The topological polar surface area (TPSA) is 49.9 Å². The molecule has 0 saturated carbocycles. The third-order valence-corrected chi connectivity index (χ3v) is 5.69. The van der Waals surface area contributed by atoms with E-state index in [2.05, 4.69) is 0 Å². The van der Waals surface area contributed by atoms with Crippen LogP contribution in [-0.4, -0.2) is 59.0 Å². The van der Waals surface area contributed by atoms with Gasteiger partial charge in [-0.3, -0.25) is 9.59 Å². The number of thioether (sulfide) groups is 1. The van der Waals surface area contributed by atoms with Crippen molar-refractivity contribution >= 4 is 34.9 Å². The van der Waals surface area contributed by atoms with Crippen molar-refractivity contribution < 1.29 is 14.3 Å². The molecule has 7 heteroatoms. The third-order valence-electron chi connectivity index (χ3n) is 3.88. The van der Waals surface area contributed by atoms with Gasteiger partial charge in [-0.25, -0.2) is 0 Å². The van der Waals surface area contributed by atoms with Crippen LogP contribution in [0.25, 0.3) is 0 Å². The van der Waals surface area contributed by atoms with Gasteiger partial charge >= 0.3 is 0 Å². The second kappa shape index (κ2) is 7.48. The maximum absolute atomic E-state index is 12.6. The summed E-state index contributed by atoms with van der Waals surface area (Å²) in [6, 6.07) is 4.03. The van der Waals surface area contributed by atoms with Crippen molar-refractivity contribution in [1.29, 1.82) is 0 Å². The number of amides is 2. The Morgan fingerprint density at radius 1 is 1.50 bits per heavy atom. The number of ether oxygens (including phenoxy) is 1. The van der Waals surface area contributed by atoms with E-state index in [1.807, 2.05) is 22.4 Å². The first-order valence-corrected chi connectivity index (χ1v) is 9.53. The van der Waals surface area contributed by atoms with Gasteiger partial charge in [0.1, 0.15) is 6.54 Å². The van der Waals surface area contributed by atoms with E-state index in [-0.39, 0.29) is 24.5 Å². The lowest BCUT2D eigenvalue weighted by atomic mass is 10.2. The highest BCUT2D eigenvalue weighted by Crippen LogP contribution is 2.19. The molecule has 0 radical (unpaired) electrons. The molecule has 1 aromatic heterocycles. The first kappa shape index (κ1) is 15.8. The van der Waals surface area contributed by atoms with Gasteiger partial charge in [-0.2, -0.15) is 0 Å². The second-order valence-electron chi connectivity index (χ2n) is 5.56. The molecule has 2 aliphatic rings. The summed E-state index contributed by atoms with van der Waals surface area (Å²) < 4.78 is 5.67. The summed E-state index contributed by atoms with van der Waals surface area (Å²) in [7, 11) is 0. The lowest BCUT2D eigenvalue weighted by Crippen LogP contribution is -2.43. The highest BCUT2D eigenvalue weighted by atomic mass is 32.2. The second-order valence-corrected chi connectivity index (χ2v) is 7.55. The summed E-state index contributed by atoms with van der Waals surface area (Å²) >= 11 is 3.22. The van der Waals surface area contributed by atoms with Crippen LogP contribution in [0.5, 0.6) is 0 Å². The normalized spacial score (nSPS) is 21.5. The fourth-order valence-corrected chi connectivity index (χ4v) is 4.31. The monoisotopic (exact) mass is 340 g/mol. The van der Waals surface area contributed by atoms with Crippen LogP contribution in [0, 0.1) is 0 Å². The average Bonchev–Trinajstić information content (AvgIpc) is 3.23. The Morgan fingerprint density at radius 3 is 3.05 bits per heavy atom. The van der Waals surface area contributed by atoms with Crippen molar-refractivity contribution in [2.24, 2.45) is 0 Å². The molecular formula is C15H20N2O3S2. The Kier molecular flexibility index (Phi) is 5.38. The SMILES string of the molecule is O=C1CSCN1CC(=O)N(Cc1cccs1)CC1CCCO1. The minimum absolute atomic E-state index is 0.0137. The predicted octanol–water partition coefficient (Wildman–Crippen LogP) is 1.79. The van der Waals surface area contributed by atoms with E-state index in [4.69, 9.17) is 4.74 Å². The summed E-state index contributed by atoms with van der Waals surface area (Å²) in [6.07, 6.45) is 2.20. The van der Waals surface area contributed by atoms with E-state index in [0.29, 0.717) is 24.7 Å². The number of rotatable bonds is 6. The number of nitrogens with zero attached hydrogens (tertiary/aromatic N) is 2. The van der Waals surface area contributed by atoms with Crippen molar-refractivity contribution in [3.63, 3.8) is 0 Å². The van der Waals surface area contributed by atoms with Crippen LogP contribution in [-0.2, 0) is 20.9 Å². The van der Waals surface area contributed by atoms with Crippen molar-refractivity contribution in [2.45, 2.75) is 25.5 Å². The molecule has 0 aliphatic carbocycles. The van der Waals surface area contributed by atoms with E-state index in [1.165, 1.54) is 0 Å². The molecule has 5 nitrogen and oxygen atoms in total. The van der Waals surface area contributed by atoms with Gasteiger partial charge in [0.2, 0.25) is 11.8 Å². The molecule has 0 spiro atoms. The summed E-state index contributed by atoms with van der Waals surface area (Å²) in [5.41, 5.74) is 0. The average molecular weight is 340 g/mol. The molecule has 3 heterocycles. The van der Waals surface area contributed by atoms with Crippen LogP contribution in [0.2, 0.25) is 0 Å². The van der Waals surface area contributed by atoms with Gasteiger partial charge in [0.25, 0.3) is 0 Å². The van der Waals surface area contributed by atoms with Crippen LogP contribution in [0.15, 0.2) is 17.5 Å². The molecule has 0 bridgehead atoms. The smallest absolute Gasteiger partial charge is 0.242 e. The molecule has 2 amide bonds. The fourth-order valence-electron chi connectivity index (χ4n) is 2.68. The Hall–Kier alpha value is -1.05. The maximum Gasteiger partial charge on any atom is 0.242 e. The zero-order valence-electron chi connectivity index (χ0n) is 12.4. The predicted molar refractivity (Wildman–Crippen MR) is 87.7 cm³/mol. The molecule has 2 saturated heterocycles. The summed E-state index contributed by atoms with van der Waals surface area (Å²) in [5, 5.41) is 2.02. The van der Waals surface area contributed by atoms with Crippen LogP contribution in [0.3, 0.4) is 0 Å². The van der Waals surface area contributed by atoms with Gasteiger partial charge in [0.05, 0.1) is 24.3 Å². The molecule has 2 aliphatic heterocycles. The number of hydrogen-bond donors (Lipinski definition) is 0. The molecule has 22 heavy (non-hydrogen) atoms. The Bertz CT molecular complexity index is 515. The molecule has 1 unspecified atom stereocenters. The van der Waals surface area contributed by atoms with E-state index >= 15 is 0 Å². The van der Waals surface area contributed by atoms with Crippen LogP contribution in [0.1, 0.15) is 17.7 Å². The highest BCUT2D eigenvalue weighted by Gasteiger charge is 2.28. The maximum atomic E-state index is 12.6. The molecule has 2 fully saturated rings. The summed E-state index contributed by atoms with van der Waals surface area (Å²) in [6.45, 7) is 2.19. The van der Waals surface area contributed by atoms with Gasteiger partial charge in [0, 0.05) is 18.0 Å². The minimum Gasteiger partial charge on any atom is -0.376 e. The van der Waals surface area contributed by atoms with Crippen molar-refractivity contribution in [3.8, 4) is 0 Å². The highest BCUT2D eigenvalue weighted by molar-refractivity contribution is 8.00. The zero-order valence-corrected chi connectivity index (χ0v) is 14.0. The molecule has 3 rings (SSSR count). The number of hydrogen-bond acceptors (Lipinski definition) is 5. The number of carbonyl (C=O) groups is 2. The van der Waals surface area contributed by atoms with Crippen LogP contribution in [0.4, 0.5) is 0 Å². The zero-order chi connectivity index (χ0) is 15.4. The molecule has 0 aromatic carbocycles. The summed E-state index contributed by atoms with van der Waals surface area (Å²) in [4.78, 5) is 29.0. The van der Waals surface area contributed by atoms with Gasteiger partial charge in [-0.1, -0.05) is 6.07 Å². The van der Waals surface area contributed by atoms with E-state index in [9.17, 15) is 9.59 Å². The lowest BCUT2D eigenvalue weighted by molar-refractivity contribution is -0.139. The van der Waals surface area contributed by atoms with Gasteiger partial charge in [0.15, 0.2) is 0 Å². The largest absolute Gasteiger partial charge is 0.376 e.